The Balaban J connectivity index is 3.93. The fourth-order valence-electron chi connectivity index (χ4n) is 1.25. The van der Waals surface area contributed by atoms with Gasteiger partial charge in [-0.15, -0.1) is 0 Å². The first-order chi connectivity index (χ1) is 6.74. The zero-order chi connectivity index (χ0) is 10.8. The SMILES string of the molecule is C=C/C=C\C(=C/C)CN(C)CCCC. The van der Waals surface area contributed by atoms with Crippen LogP contribution in [0.4, 0.5) is 0 Å². The minimum atomic E-state index is 1.03. The molecular formula is C13H23N. The molecule has 0 aromatic rings. The Hall–Kier alpha value is -0.820. The summed E-state index contributed by atoms with van der Waals surface area (Å²) in [6, 6.07) is 0. The van der Waals surface area contributed by atoms with E-state index >= 15 is 0 Å². The molecule has 0 saturated heterocycles. The van der Waals surface area contributed by atoms with Gasteiger partial charge in [-0.2, -0.15) is 0 Å². The van der Waals surface area contributed by atoms with Crippen LogP contribution in [0.2, 0.25) is 0 Å². The maximum absolute atomic E-state index is 3.67. The van der Waals surface area contributed by atoms with Gasteiger partial charge in [-0.05, 0) is 32.5 Å². The lowest BCUT2D eigenvalue weighted by Crippen LogP contribution is -2.21. The van der Waals surface area contributed by atoms with Crippen LogP contribution < -0.4 is 0 Å². The van der Waals surface area contributed by atoms with E-state index in [4.69, 9.17) is 0 Å². The van der Waals surface area contributed by atoms with Gasteiger partial charge in [0.2, 0.25) is 0 Å². The van der Waals surface area contributed by atoms with Gasteiger partial charge in [0.1, 0.15) is 0 Å². The molecule has 1 heteroatoms. The fourth-order valence-corrected chi connectivity index (χ4v) is 1.25. The fraction of sp³-hybridized carbons (Fsp3) is 0.538. The number of allylic oxidation sites excluding steroid dienone is 3. The predicted octanol–water partition coefficient (Wildman–Crippen LogP) is 3.41. The molecule has 0 bridgehead atoms. The van der Waals surface area contributed by atoms with Crippen LogP contribution in [-0.4, -0.2) is 25.0 Å². The maximum Gasteiger partial charge on any atom is 0.0227 e. The molecule has 14 heavy (non-hydrogen) atoms. The second-order valence-corrected chi connectivity index (χ2v) is 3.55. The lowest BCUT2D eigenvalue weighted by Gasteiger charge is -2.16. The minimum absolute atomic E-state index is 1.03. The average molecular weight is 193 g/mol. The highest BCUT2D eigenvalue weighted by molar-refractivity contribution is 5.22. The van der Waals surface area contributed by atoms with Crippen LogP contribution in [0.1, 0.15) is 26.7 Å². The van der Waals surface area contributed by atoms with E-state index in [0.717, 1.165) is 6.54 Å². The third kappa shape index (κ3) is 6.67. The first kappa shape index (κ1) is 13.2. The van der Waals surface area contributed by atoms with Crippen molar-refractivity contribution in [2.45, 2.75) is 26.7 Å². The van der Waals surface area contributed by atoms with E-state index in [1.165, 1.54) is 25.0 Å². The Kier molecular flexibility index (Phi) is 8.25. The van der Waals surface area contributed by atoms with Crippen molar-refractivity contribution >= 4 is 0 Å². The van der Waals surface area contributed by atoms with Crippen molar-refractivity contribution in [3.63, 3.8) is 0 Å². The van der Waals surface area contributed by atoms with Gasteiger partial charge >= 0.3 is 0 Å². The van der Waals surface area contributed by atoms with Crippen molar-refractivity contribution in [3.05, 3.63) is 36.5 Å². The van der Waals surface area contributed by atoms with Crippen molar-refractivity contribution in [2.24, 2.45) is 0 Å². The van der Waals surface area contributed by atoms with Gasteiger partial charge < -0.3 is 4.90 Å². The Morgan fingerprint density at radius 2 is 2.14 bits per heavy atom. The quantitative estimate of drug-likeness (QED) is 0.560. The van der Waals surface area contributed by atoms with Crippen LogP contribution in [0.15, 0.2) is 36.5 Å². The smallest absolute Gasteiger partial charge is 0.0227 e. The average Bonchev–Trinajstić information content (AvgIpc) is 2.21. The number of hydrogen-bond acceptors (Lipinski definition) is 1. The third-order valence-electron chi connectivity index (χ3n) is 2.16. The number of nitrogens with zero attached hydrogens (tertiary/aromatic N) is 1. The van der Waals surface area contributed by atoms with Crippen LogP contribution >= 0.6 is 0 Å². The van der Waals surface area contributed by atoms with Crippen LogP contribution in [-0.2, 0) is 0 Å². The molecule has 0 unspecified atom stereocenters. The van der Waals surface area contributed by atoms with E-state index in [9.17, 15) is 0 Å². The van der Waals surface area contributed by atoms with E-state index in [2.05, 4.69) is 44.5 Å². The Morgan fingerprint density at radius 3 is 2.64 bits per heavy atom. The highest BCUT2D eigenvalue weighted by atomic mass is 15.1. The first-order valence-corrected chi connectivity index (χ1v) is 5.37. The molecule has 0 rings (SSSR count). The van der Waals surface area contributed by atoms with Gasteiger partial charge in [0.15, 0.2) is 0 Å². The van der Waals surface area contributed by atoms with Gasteiger partial charge in [-0.25, -0.2) is 0 Å². The summed E-state index contributed by atoms with van der Waals surface area (Å²) in [4.78, 5) is 2.35. The number of rotatable bonds is 7. The van der Waals surface area contributed by atoms with E-state index in [0.29, 0.717) is 0 Å². The largest absolute Gasteiger partial charge is 0.302 e. The van der Waals surface area contributed by atoms with E-state index in [1.807, 2.05) is 12.2 Å². The summed E-state index contributed by atoms with van der Waals surface area (Å²) in [5, 5.41) is 0. The lowest BCUT2D eigenvalue weighted by atomic mass is 10.2. The molecule has 0 N–H and O–H groups in total. The summed E-state index contributed by atoms with van der Waals surface area (Å²) in [5.41, 5.74) is 1.35. The summed E-state index contributed by atoms with van der Waals surface area (Å²) in [6.07, 6.45) is 10.6. The lowest BCUT2D eigenvalue weighted by molar-refractivity contribution is 0.357. The molecule has 0 aliphatic carbocycles. The second kappa shape index (κ2) is 8.76. The van der Waals surface area contributed by atoms with Gasteiger partial charge in [0, 0.05) is 6.54 Å². The van der Waals surface area contributed by atoms with Gasteiger partial charge in [-0.1, -0.05) is 44.2 Å². The van der Waals surface area contributed by atoms with Crippen molar-refractivity contribution in [3.8, 4) is 0 Å². The Bertz CT molecular complexity index is 201. The summed E-state index contributed by atoms with van der Waals surface area (Å²) >= 11 is 0. The Labute approximate surface area is 88.8 Å². The minimum Gasteiger partial charge on any atom is -0.302 e. The van der Waals surface area contributed by atoms with Crippen molar-refractivity contribution in [1.82, 2.24) is 4.90 Å². The highest BCUT2D eigenvalue weighted by Gasteiger charge is 1.98. The molecule has 1 nitrogen and oxygen atoms in total. The predicted molar refractivity (Wildman–Crippen MR) is 65.5 cm³/mol. The molecule has 0 aliphatic heterocycles. The topological polar surface area (TPSA) is 3.24 Å². The third-order valence-corrected chi connectivity index (χ3v) is 2.16. The molecule has 0 aromatic heterocycles. The van der Waals surface area contributed by atoms with E-state index in [-0.39, 0.29) is 0 Å². The summed E-state index contributed by atoms with van der Waals surface area (Å²) in [7, 11) is 2.17. The van der Waals surface area contributed by atoms with Crippen molar-refractivity contribution in [1.29, 1.82) is 0 Å². The number of unbranched alkanes of at least 4 members (excludes halogenated alkanes) is 1. The normalized spacial score (nSPS) is 12.7. The highest BCUT2D eigenvalue weighted by Crippen LogP contribution is 2.01. The van der Waals surface area contributed by atoms with E-state index in [1.54, 1.807) is 0 Å². The second-order valence-electron chi connectivity index (χ2n) is 3.55. The van der Waals surface area contributed by atoms with E-state index < -0.39 is 0 Å². The molecule has 0 atom stereocenters. The first-order valence-electron chi connectivity index (χ1n) is 5.37. The summed E-state index contributed by atoms with van der Waals surface area (Å²) in [5.74, 6) is 0. The molecule has 0 fully saturated rings. The molecule has 0 radical (unpaired) electrons. The zero-order valence-electron chi connectivity index (χ0n) is 9.79. The van der Waals surface area contributed by atoms with Crippen LogP contribution in [0.25, 0.3) is 0 Å². The molecule has 0 spiro atoms. The molecule has 0 aliphatic rings. The van der Waals surface area contributed by atoms with Crippen molar-refractivity contribution < 1.29 is 0 Å². The van der Waals surface area contributed by atoms with Crippen LogP contribution in [0.5, 0.6) is 0 Å². The standard InChI is InChI=1S/C13H23N/c1-5-8-10-13(7-3)12-14(4)11-9-6-2/h5,7-8,10H,1,6,9,11-12H2,2-4H3/b10-8-,13-7+. The Morgan fingerprint density at radius 1 is 1.43 bits per heavy atom. The van der Waals surface area contributed by atoms with Crippen molar-refractivity contribution in [2.75, 3.05) is 20.1 Å². The molecule has 0 heterocycles. The molecular weight excluding hydrogens is 170 g/mol. The summed E-state index contributed by atoms with van der Waals surface area (Å²) < 4.78 is 0. The van der Waals surface area contributed by atoms with Crippen LogP contribution in [0.3, 0.4) is 0 Å². The monoisotopic (exact) mass is 193 g/mol. The van der Waals surface area contributed by atoms with Gasteiger partial charge in [0.05, 0.1) is 0 Å². The number of hydrogen-bond donors (Lipinski definition) is 0. The molecule has 0 aromatic carbocycles. The maximum atomic E-state index is 3.67. The van der Waals surface area contributed by atoms with Gasteiger partial charge in [0.25, 0.3) is 0 Å². The molecule has 0 amide bonds. The van der Waals surface area contributed by atoms with Gasteiger partial charge in [-0.3, -0.25) is 0 Å². The molecule has 80 valence electrons. The molecule has 0 saturated carbocycles. The zero-order valence-corrected chi connectivity index (χ0v) is 9.79. The summed E-state index contributed by atoms with van der Waals surface area (Å²) in [6.45, 7) is 10.2. The van der Waals surface area contributed by atoms with Crippen LogP contribution in [0, 0.1) is 0 Å². The number of likely N-dealkylation sites (N-methyl/N-ethyl adjacent to an activating group) is 1.